The zero-order valence-electron chi connectivity index (χ0n) is 15.6. The number of carbonyl (C=O) groups excluding carboxylic acids is 1. The highest BCUT2D eigenvalue weighted by Gasteiger charge is 2.26. The molecule has 0 spiro atoms. The molecule has 1 unspecified atom stereocenters. The molecule has 7 nitrogen and oxygen atoms in total. The minimum Gasteiger partial charge on any atom is -0.468 e. The van der Waals surface area contributed by atoms with Crippen molar-refractivity contribution in [3.8, 4) is 0 Å². The average molecular weight is 373 g/mol. The summed E-state index contributed by atoms with van der Waals surface area (Å²) in [6, 6.07) is 7.48. The first kappa shape index (κ1) is 18.3. The van der Waals surface area contributed by atoms with Gasteiger partial charge in [-0.25, -0.2) is 0 Å². The van der Waals surface area contributed by atoms with Crippen molar-refractivity contribution in [3.05, 3.63) is 47.8 Å². The average Bonchev–Trinajstić information content (AvgIpc) is 3.46. The summed E-state index contributed by atoms with van der Waals surface area (Å²) in [5.74, 6) is 1.88. The molecular weight excluding hydrogens is 346 g/mol. The number of amides is 1. The Hall–Kier alpha value is -2.09. The van der Waals surface area contributed by atoms with Crippen molar-refractivity contribution in [2.45, 2.75) is 25.4 Å². The number of rotatable bonds is 7. The predicted molar refractivity (Wildman–Crippen MR) is 99.4 cm³/mol. The maximum atomic E-state index is 12.6. The smallest absolute Gasteiger partial charge is 0.287 e. The predicted octanol–water partition coefficient (Wildman–Crippen LogP) is 2.27. The topological polar surface area (TPSA) is 71.1 Å². The van der Waals surface area contributed by atoms with E-state index in [9.17, 15) is 4.79 Å². The molecule has 7 heteroatoms. The number of nitrogens with zero attached hydrogens (tertiary/aromatic N) is 2. The molecule has 0 bridgehead atoms. The lowest BCUT2D eigenvalue weighted by molar-refractivity contribution is 0.0117. The Bertz CT molecular complexity index is 715. The van der Waals surface area contributed by atoms with Crippen LogP contribution in [0, 0.1) is 0 Å². The summed E-state index contributed by atoms with van der Waals surface area (Å²) in [6.07, 6.45) is 4.15. The van der Waals surface area contributed by atoms with Gasteiger partial charge in [0.15, 0.2) is 5.76 Å². The highest BCUT2D eigenvalue weighted by Crippen LogP contribution is 2.22. The minimum absolute atomic E-state index is 0.00752. The van der Waals surface area contributed by atoms with E-state index in [1.165, 1.54) is 12.8 Å². The second-order valence-corrected chi connectivity index (χ2v) is 7.14. The first-order valence-corrected chi connectivity index (χ1v) is 9.74. The van der Waals surface area contributed by atoms with E-state index >= 15 is 0 Å². The van der Waals surface area contributed by atoms with Crippen molar-refractivity contribution < 1.29 is 18.4 Å². The third kappa shape index (κ3) is 4.61. The van der Waals surface area contributed by atoms with Crippen LogP contribution in [0.5, 0.6) is 0 Å². The summed E-state index contributed by atoms with van der Waals surface area (Å²) >= 11 is 0. The van der Waals surface area contributed by atoms with Crippen molar-refractivity contribution in [3.63, 3.8) is 0 Å². The number of furan rings is 2. The Morgan fingerprint density at radius 1 is 1.11 bits per heavy atom. The van der Waals surface area contributed by atoms with E-state index in [-0.39, 0.29) is 11.9 Å². The summed E-state index contributed by atoms with van der Waals surface area (Å²) in [7, 11) is 0. The fourth-order valence-electron chi connectivity index (χ4n) is 3.80. The lowest BCUT2D eigenvalue weighted by Gasteiger charge is -2.33. The highest BCUT2D eigenvalue weighted by molar-refractivity contribution is 5.91. The van der Waals surface area contributed by atoms with E-state index in [0.29, 0.717) is 25.5 Å². The summed E-state index contributed by atoms with van der Waals surface area (Å²) in [5, 5.41) is 3.00. The second kappa shape index (κ2) is 8.73. The number of morpholine rings is 1. The van der Waals surface area contributed by atoms with Gasteiger partial charge in [0.2, 0.25) is 0 Å². The number of hydrogen-bond acceptors (Lipinski definition) is 6. The van der Waals surface area contributed by atoms with Gasteiger partial charge >= 0.3 is 0 Å². The third-order valence-electron chi connectivity index (χ3n) is 5.28. The fraction of sp³-hybridized carbons (Fsp3) is 0.550. The monoisotopic (exact) mass is 373 g/mol. The Balaban J connectivity index is 1.35. The van der Waals surface area contributed by atoms with E-state index in [2.05, 4.69) is 15.1 Å². The van der Waals surface area contributed by atoms with Gasteiger partial charge in [0.1, 0.15) is 11.5 Å². The van der Waals surface area contributed by atoms with Crippen LogP contribution in [0.3, 0.4) is 0 Å². The SMILES string of the molecule is O=C(NCC(c1ccco1)N1CCOCC1)c1ccc(CN2CCCC2)o1. The van der Waals surface area contributed by atoms with E-state index in [1.54, 1.807) is 12.3 Å². The molecule has 146 valence electrons. The molecule has 2 saturated heterocycles. The summed E-state index contributed by atoms with van der Waals surface area (Å²) in [6.45, 7) is 6.49. The van der Waals surface area contributed by atoms with Crippen LogP contribution in [0.25, 0.3) is 0 Å². The van der Waals surface area contributed by atoms with E-state index in [1.807, 2.05) is 18.2 Å². The fourth-order valence-corrected chi connectivity index (χ4v) is 3.80. The lowest BCUT2D eigenvalue weighted by atomic mass is 10.1. The quantitative estimate of drug-likeness (QED) is 0.803. The van der Waals surface area contributed by atoms with Gasteiger partial charge in [-0.2, -0.15) is 0 Å². The highest BCUT2D eigenvalue weighted by atomic mass is 16.5. The van der Waals surface area contributed by atoms with Crippen LogP contribution in [-0.4, -0.2) is 61.6 Å². The molecule has 4 rings (SSSR count). The third-order valence-corrected chi connectivity index (χ3v) is 5.28. The van der Waals surface area contributed by atoms with Crippen molar-refractivity contribution in [2.24, 2.45) is 0 Å². The van der Waals surface area contributed by atoms with Gasteiger partial charge in [0.05, 0.1) is 32.1 Å². The number of hydrogen-bond donors (Lipinski definition) is 1. The number of carbonyl (C=O) groups is 1. The molecule has 0 aliphatic carbocycles. The first-order chi connectivity index (χ1) is 13.3. The Labute approximate surface area is 159 Å². The number of ether oxygens (including phenoxy) is 1. The van der Waals surface area contributed by atoms with Crippen molar-refractivity contribution in [2.75, 3.05) is 45.9 Å². The molecule has 0 saturated carbocycles. The maximum absolute atomic E-state index is 12.6. The Morgan fingerprint density at radius 3 is 2.67 bits per heavy atom. The van der Waals surface area contributed by atoms with Gasteiger partial charge < -0.3 is 18.9 Å². The molecule has 1 atom stereocenters. The van der Waals surface area contributed by atoms with Crippen LogP contribution in [0.4, 0.5) is 0 Å². The van der Waals surface area contributed by atoms with Crippen molar-refractivity contribution >= 4 is 5.91 Å². The number of likely N-dealkylation sites (tertiary alicyclic amines) is 1. The van der Waals surface area contributed by atoms with Crippen LogP contribution in [0.15, 0.2) is 39.4 Å². The minimum atomic E-state index is -0.188. The summed E-state index contributed by atoms with van der Waals surface area (Å²) in [4.78, 5) is 17.2. The van der Waals surface area contributed by atoms with Crippen LogP contribution < -0.4 is 5.32 Å². The molecule has 0 radical (unpaired) electrons. The van der Waals surface area contributed by atoms with Crippen LogP contribution in [-0.2, 0) is 11.3 Å². The Morgan fingerprint density at radius 2 is 1.93 bits per heavy atom. The normalized spacial score (nSPS) is 20.0. The molecule has 2 aliphatic rings. The molecule has 27 heavy (non-hydrogen) atoms. The lowest BCUT2D eigenvalue weighted by Crippen LogP contribution is -2.43. The zero-order valence-corrected chi connectivity index (χ0v) is 15.6. The largest absolute Gasteiger partial charge is 0.468 e. The van der Waals surface area contributed by atoms with Gasteiger partial charge in [0, 0.05) is 19.6 Å². The number of nitrogens with one attached hydrogen (secondary N) is 1. The molecular formula is C20H27N3O4. The molecule has 4 heterocycles. The van der Waals surface area contributed by atoms with Crippen molar-refractivity contribution in [1.29, 1.82) is 0 Å². The van der Waals surface area contributed by atoms with Crippen LogP contribution in [0.2, 0.25) is 0 Å². The second-order valence-electron chi connectivity index (χ2n) is 7.14. The molecule has 2 aromatic heterocycles. The van der Waals surface area contributed by atoms with Crippen LogP contribution in [0.1, 0.15) is 41.0 Å². The van der Waals surface area contributed by atoms with Gasteiger partial charge in [0.25, 0.3) is 5.91 Å². The van der Waals surface area contributed by atoms with Crippen molar-refractivity contribution in [1.82, 2.24) is 15.1 Å². The molecule has 2 aromatic rings. The van der Waals surface area contributed by atoms with E-state index in [4.69, 9.17) is 13.6 Å². The Kier molecular flexibility index (Phi) is 5.91. The van der Waals surface area contributed by atoms with Crippen LogP contribution >= 0.6 is 0 Å². The van der Waals surface area contributed by atoms with Gasteiger partial charge in [-0.3, -0.25) is 14.6 Å². The first-order valence-electron chi connectivity index (χ1n) is 9.74. The standard InChI is InChI=1S/C20H27N3O4/c24-20(19-6-5-16(27-19)15-22-7-1-2-8-22)21-14-17(18-4-3-11-26-18)23-9-12-25-13-10-23/h3-6,11,17H,1-2,7-10,12-15H2,(H,21,24). The molecule has 2 fully saturated rings. The zero-order chi connectivity index (χ0) is 18.5. The van der Waals surface area contributed by atoms with Gasteiger partial charge in [-0.05, 0) is 50.2 Å². The van der Waals surface area contributed by atoms with Gasteiger partial charge in [-0.1, -0.05) is 0 Å². The molecule has 1 N–H and O–H groups in total. The molecule has 2 aliphatic heterocycles. The van der Waals surface area contributed by atoms with Gasteiger partial charge in [-0.15, -0.1) is 0 Å². The molecule has 0 aromatic carbocycles. The van der Waals surface area contributed by atoms with E-state index in [0.717, 1.165) is 44.2 Å². The van der Waals surface area contributed by atoms with E-state index < -0.39 is 0 Å². The maximum Gasteiger partial charge on any atom is 0.287 e. The molecule has 1 amide bonds. The summed E-state index contributed by atoms with van der Waals surface area (Å²) in [5.41, 5.74) is 0. The summed E-state index contributed by atoms with van der Waals surface area (Å²) < 4.78 is 16.8.